The van der Waals surface area contributed by atoms with Gasteiger partial charge in [0.2, 0.25) is 5.91 Å². The fraction of sp³-hybridized carbons (Fsp3) is 0.500. The maximum Gasteiger partial charge on any atom is 0.232 e. The van der Waals surface area contributed by atoms with Crippen molar-refractivity contribution in [3.05, 3.63) is 29.3 Å². The number of benzene rings is 1. The number of hydrogen-bond acceptors (Lipinski definition) is 2. The number of Topliss-reactive ketones (excluding diaryl/α,β-unsaturated/α-hetero) is 1. The third-order valence-corrected chi connectivity index (χ3v) is 3.50. The molecular weight excluding hydrogens is 238 g/mol. The molecule has 0 saturated carbocycles. The van der Waals surface area contributed by atoms with Crippen molar-refractivity contribution in [2.24, 2.45) is 5.41 Å². The quantitative estimate of drug-likeness (QED) is 0.726. The number of carbonyl (C=O) groups excluding carboxylic acids is 2. The normalized spacial score (nSPS) is 15.1. The summed E-state index contributed by atoms with van der Waals surface area (Å²) in [5.74, 6) is 0.158. The first-order valence-electron chi connectivity index (χ1n) is 6.76. The molecule has 19 heavy (non-hydrogen) atoms. The molecule has 0 aliphatic carbocycles. The molecule has 1 aliphatic rings. The SMILES string of the molecule is CC(=O)c1ccc2c(c1)N(C(=O)C(C)(C)C)CCC2. The monoisotopic (exact) mass is 259 g/mol. The molecule has 3 heteroatoms. The average Bonchev–Trinajstić information content (AvgIpc) is 2.35. The van der Waals surface area contributed by atoms with E-state index in [1.807, 2.05) is 43.9 Å². The van der Waals surface area contributed by atoms with Crippen LogP contribution < -0.4 is 4.90 Å². The van der Waals surface area contributed by atoms with Crippen LogP contribution >= 0.6 is 0 Å². The Morgan fingerprint density at radius 1 is 1.21 bits per heavy atom. The van der Waals surface area contributed by atoms with Crippen LogP contribution in [0.4, 0.5) is 5.69 Å². The second-order valence-electron chi connectivity index (χ2n) is 6.21. The van der Waals surface area contributed by atoms with Crippen molar-refractivity contribution in [1.82, 2.24) is 0 Å². The summed E-state index contributed by atoms with van der Waals surface area (Å²) in [7, 11) is 0. The lowest BCUT2D eigenvalue weighted by Crippen LogP contribution is -2.42. The number of ketones is 1. The van der Waals surface area contributed by atoms with Gasteiger partial charge in [0.15, 0.2) is 5.78 Å². The smallest absolute Gasteiger partial charge is 0.232 e. The largest absolute Gasteiger partial charge is 0.312 e. The van der Waals surface area contributed by atoms with E-state index in [1.165, 1.54) is 0 Å². The molecule has 0 N–H and O–H groups in total. The number of nitrogens with zero attached hydrogens (tertiary/aromatic N) is 1. The fourth-order valence-corrected chi connectivity index (χ4v) is 2.41. The van der Waals surface area contributed by atoms with Crippen LogP contribution in [0, 0.1) is 5.41 Å². The molecule has 2 rings (SSSR count). The highest BCUT2D eigenvalue weighted by molar-refractivity contribution is 6.00. The summed E-state index contributed by atoms with van der Waals surface area (Å²) in [6, 6.07) is 5.70. The molecule has 1 amide bonds. The molecule has 0 unspecified atom stereocenters. The van der Waals surface area contributed by atoms with Gasteiger partial charge in [-0.05, 0) is 31.4 Å². The zero-order chi connectivity index (χ0) is 14.2. The predicted molar refractivity (Wildman–Crippen MR) is 76.6 cm³/mol. The number of aryl methyl sites for hydroxylation is 1. The molecule has 0 aromatic heterocycles. The fourth-order valence-electron chi connectivity index (χ4n) is 2.41. The van der Waals surface area contributed by atoms with Gasteiger partial charge in [-0.1, -0.05) is 32.9 Å². The van der Waals surface area contributed by atoms with Gasteiger partial charge >= 0.3 is 0 Å². The topological polar surface area (TPSA) is 37.4 Å². The van der Waals surface area contributed by atoms with E-state index in [-0.39, 0.29) is 11.7 Å². The van der Waals surface area contributed by atoms with Gasteiger partial charge in [-0.2, -0.15) is 0 Å². The predicted octanol–water partition coefficient (Wildman–Crippen LogP) is 3.21. The van der Waals surface area contributed by atoms with Crippen LogP contribution in [0.25, 0.3) is 0 Å². The Hall–Kier alpha value is -1.64. The highest BCUT2D eigenvalue weighted by Gasteiger charge is 2.31. The van der Waals surface area contributed by atoms with Gasteiger partial charge in [0.05, 0.1) is 0 Å². The molecule has 102 valence electrons. The lowest BCUT2D eigenvalue weighted by Gasteiger charge is -2.34. The van der Waals surface area contributed by atoms with Gasteiger partial charge in [0, 0.05) is 23.2 Å². The lowest BCUT2D eigenvalue weighted by atomic mass is 9.91. The molecule has 0 spiro atoms. The van der Waals surface area contributed by atoms with E-state index in [0.29, 0.717) is 5.56 Å². The summed E-state index contributed by atoms with van der Waals surface area (Å²) < 4.78 is 0. The molecule has 0 radical (unpaired) electrons. The first-order chi connectivity index (χ1) is 8.80. The molecule has 0 saturated heterocycles. The van der Waals surface area contributed by atoms with Crippen molar-refractivity contribution in [2.75, 3.05) is 11.4 Å². The molecule has 1 heterocycles. The Balaban J connectivity index is 2.45. The number of rotatable bonds is 1. The zero-order valence-electron chi connectivity index (χ0n) is 12.1. The van der Waals surface area contributed by atoms with Gasteiger partial charge in [0.25, 0.3) is 0 Å². The van der Waals surface area contributed by atoms with Crippen LogP contribution in [-0.4, -0.2) is 18.2 Å². The second-order valence-corrected chi connectivity index (χ2v) is 6.21. The Labute approximate surface area is 114 Å². The summed E-state index contributed by atoms with van der Waals surface area (Å²) in [6.07, 6.45) is 1.95. The van der Waals surface area contributed by atoms with Gasteiger partial charge < -0.3 is 4.90 Å². The zero-order valence-corrected chi connectivity index (χ0v) is 12.1. The van der Waals surface area contributed by atoms with Gasteiger partial charge in [-0.25, -0.2) is 0 Å². The Morgan fingerprint density at radius 3 is 2.47 bits per heavy atom. The first-order valence-corrected chi connectivity index (χ1v) is 6.76. The summed E-state index contributed by atoms with van der Waals surface area (Å²) >= 11 is 0. The Kier molecular flexibility index (Phi) is 3.48. The molecular formula is C16H21NO2. The molecule has 1 aromatic rings. The van der Waals surface area contributed by atoms with Crippen molar-refractivity contribution >= 4 is 17.4 Å². The molecule has 0 bridgehead atoms. The number of carbonyl (C=O) groups is 2. The van der Waals surface area contributed by atoms with E-state index in [0.717, 1.165) is 30.6 Å². The van der Waals surface area contributed by atoms with Crippen molar-refractivity contribution in [1.29, 1.82) is 0 Å². The van der Waals surface area contributed by atoms with Crippen LogP contribution in [0.5, 0.6) is 0 Å². The standard InChI is InChI=1S/C16H21NO2/c1-11(18)13-8-7-12-6-5-9-17(14(12)10-13)15(19)16(2,3)4/h7-8,10H,5-6,9H2,1-4H3. The van der Waals surface area contributed by atoms with Gasteiger partial charge in [-0.3, -0.25) is 9.59 Å². The average molecular weight is 259 g/mol. The van der Waals surface area contributed by atoms with Crippen molar-refractivity contribution < 1.29 is 9.59 Å². The summed E-state index contributed by atoms with van der Waals surface area (Å²) in [5, 5.41) is 0. The molecule has 3 nitrogen and oxygen atoms in total. The molecule has 0 atom stereocenters. The van der Waals surface area contributed by atoms with Crippen molar-refractivity contribution in [3.63, 3.8) is 0 Å². The first kappa shape index (κ1) is 13.8. The van der Waals surface area contributed by atoms with E-state index < -0.39 is 5.41 Å². The Bertz CT molecular complexity index is 526. The van der Waals surface area contributed by atoms with Crippen LogP contribution in [0.1, 0.15) is 50.0 Å². The Morgan fingerprint density at radius 2 is 1.89 bits per heavy atom. The van der Waals surface area contributed by atoms with Crippen LogP contribution in [0.15, 0.2) is 18.2 Å². The summed E-state index contributed by atoms with van der Waals surface area (Å²) in [4.78, 5) is 25.8. The van der Waals surface area contributed by atoms with Crippen molar-refractivity contribution in [3.8, 4) is 0 Å². The van der Waals surface area contributed by atoms with Crippen molar-refractivity contribution in [2.45, 2.75) is 40.5 Å². The minimum absolute atomic E-state index is 0.0385. The van der Waals surface area contributed by atoms with Crippen LogP contribution in [-0.2, 0) is 11.2 Å². The number of amides is 1. The molecule has 1 aromatic carbocycles. The minimum atomic E-state index is -0.402. The van der Waals surface area contributed by atoms with Gasteiger partial charge in [-0.15, -0.1) is 0 Å². The third kappa shape index (κ3) is 2.70. The lowest BCUT2D eigenvalue weighted by molar-refractivity contribution is -0.125. The third-order valence-electron chi connectivity index (χ3n) is 3.50. The summed E-state index contributed by atoms with van der Waals surface area (Å²) in [6.45, 7) is 8.08. The van der Waals surface area contributed by atoms with E-state index in [1.54, 1.807) is 6.92 Å². The highest BCUT2D eigenvalue weighted by atomic mass is 16.2. The molecule has 1 aliphatic heterocycles. The van der Waals surface area contributed by atoms with Crippen LogP contribution in [0.3, 0.4) is 0 Å². The number of anilines is 1. The minimum Gasteiger partial charge on any atom is -0.312 e. The second kappa shape index (κ2) is 4.80. The van der Waals surface area contributed by atoms with E-state index >= 15 is 0 Å². The van der Waals surface area contributed by atoms with E-state index in [4.69, 9.17) is 0 Å². The maximum absolute atomic E-state index is 12.5. The van der Waals surface area contributed by atoms with E-state index in [2.05, 4.69) is 0 Å². The highest BCUT2D eigenvalue weighted by Crippen LogP contribution is 2.31. The van der Waals surface area contributed by atoms with Crippen LogP contribution in [0.2, 0.25) is 0 Å². The van der Waals surface area contributed by atoms with E-state index in [9.17, 15) is 9.59 Å². The molecule has 0 fully saturated rings. The van der Waals surface area contributed by atoms with Gasteiger partial charge in [0.1, 0.15) is 0 Å². The number of hydrogen-bond donors (Lipinski definition) is 0. The summed E-state index contributed by atoms with van der Waals surface area (Å²) in [5.41, 5.74) is 2.35. The number of fused-ring (bicyclic) bond motifs is 1. The maximum atomic E-state index is 12.5.